The smallest absolute Gasteiger partial charge is 0.337 e. The summed E-state index contributed by atoms with van der Waals surface area (Å²) in [5.74, 6) is -1.09. The molecule has 1 aromatic carbocycles. The van der Waals surface area contributed by atoms with Crippen LogP contribution in [-0.4, -0.2) is 16.1 Å². The van der Waals surface area contributed by atoms with Gasteiger partial charge in [0.15, 0.2) is 5.82 Å². The summed E-state index contributed by atoms with van der Waals surface area (Å²) in [4.78, 5) is 14.7. The lowest BCUT2D eigenvalue weighted by Gasteiger charge is -2.11. The Morgan fingerprint density at radius 3 is 2.74 bits per heavy atom. The molecule has 98 valence electrons. The van der Waals surface area contributed by atoms with Crippen LogP contribution in [0.25, 0.3) is 0 Å². The molecule has 0 amide bonds. The molecule has 6 heteroatoms. The van der Waals surface area contributed by atoms with E-state index in [2.05, 4.69) is 10.3 Å². The van der Waals surface area contributed by atoms with Crippen molar-refractivity contribution in [3.63, 3.8) is 0 Å². The van der Waals surface area contributed by atoms with Gasteiger partial charge < -0.3 is 16.2 Å². The number of nitrogens with two attached hydrogens (primary N) is 1. The lowest BCUT2D eigenvalue weighted by atomic mass is 10.2. The zero-order valence-corrected chi connectivity index (χ0v) is 10.1. The summed E-state index contributed by atoms with van der Waals surface area (Å²) in [6.45, 7) is 1.74. The van der Waals surface area contributed by atoms with Gasteiger partial charge in [-0.05, 0) is 36.8 Å². The number of nitrogens with zero attached hydrogens (tertiary/aromatic N) is 1. The fourth-order valence-electron chi connectivity index (χ4n) is 1.60. The van der Waals surface area contributed by atoms with Crippen LogP contribution in [0.2, 0.25) is 0 Å². The standard InChI is InChI=1S/C13H12FN3O2/c1-7-4-9(14)2-3-11(7)17-12-10(15)5-8(6-16-12)13(18)19/h2-6H,15H2,1H3,(H,16,17)(H,18,19). The average Bonchev–Trinajstić information content (AvgIpc) is 2.34. The Balaban J connectivity index is 2.31. The highest BCUT2D eigenvalue weighted by atomic mass is 19.1. The average molecular weight is 261 g/mol. The van der Waals surface area contributed by atoms with E-state index < -0.39 is 5.97 Å². The number of carboxylic acids is 1. The predicted molar refractivity (Wildman–Crippen MR) is 70.0 cm³/mol. The van der Waals surface area contributed by atoms with Gasteiger partial charge in [-0.3, -0.25) is 0 Å². The maximum atomic E-state index is 13.0. The van der Waals surface area contributed by atoms with Crippen molar-refractivity contribution < 1.29 is 14.3 Å². The number of aromatic nitrogens is 1. The molecule has 0 saturated carbocycles. The molecule has 19 heavy (non-hydrogen) atoms. The number of carboxylic acid groups (broad SMARTS) is 1. The quantitative estimate of drug-likeness (QED) is 0.790. The molecular formula is C13H12FN3O2. The van der Waals surface area contributed by atoms with Gasteiger partial charge in [0.1, 0.15) is 5.82 Å². The number of benzene rings is 1. The van der Waals surface area contributed by atoms with E-state index in [-0.39, 0.29) is 17.1 Å². The normalized spacial score (nSPS) is 10.2. The number of anilines is 3. The van der Waals surface area contributed by atoms with E-state index in [1.54, 1.807) is 13.0 Å². The number of carbonyl (C=O) groups is 1. The topological polar surface area (TPSA) is 88.2 Å². The SMILES string of the molecule is Cc1cc(F)ccc1Nc1ncc(C(=O)O)cc1N. The zero-order valence-electron chi connectivity index (χ0n) is 10.1. The lowest BCUT2D eigenvalue weighted by Crippen LogP contribution is -2.04. The number of aryl methyl sites for hydroxylation is 1. The van der Waals surface area contributed by atoms with Crippen LogP contribution in [0.1, 0.15) is 15.9 Å². The number of nitrogens with one attached hydrogen (secondary N) is 1. The minimum absolute atomic E-state index is 0.0129. The Morgan fingerprint density at radius 2 is 2.16 bits per heavy atom. The van der Waals surface area contributed by atoms with Gasteiger partial charge in [-0.1, -0.05) is 0 Å². The molecule has 1 aromatic heterocycles. The van der Waals surface area contributed by atoms with Gasteiger partial charge in [0.05, 0.1) is 11.3 Å². The van der Waals surface area contributed by atoms with Crippen molar-refractivity contribution in [1.82, 2.24) is 4.98 Å². The minimum Gasteiger partial charge on any atom is -0.478 e. The Bertz CT molecular complexity index is 644. The van der Waals surface area contributed by atoms with Crippen LogP contribution >= 0.6 is 0 Å². The maximum Gasteiger partial charge on any atom is 0.337 e. The summed E-state index contributed by atoms with van der Waals surface area (Å²) < 4.78 is 13.0. The first-order valence-corrected chi connectivity index (χ1v) is 5.49. The second kappa shape index (κ2) is 4.93. The third-order valence-electron chi connectivity index (χ3n) is 2.61. The highest BCUT2D eigenvalue weighted by molar-refractivity contribution is 5.89. The molecule has 0 radical (unpaired) electrons. The highest BCUT2D eigenvalue weighted by Gasteiger charge is 2.09. The third-order valence-corrected chi connectivity index (χ3v) is 2.61. The highest BCUT2D eigenvalue weighted by Crippen LogP contribution is 2.24. The first kappa shape index (κ1) is 12.8. The van der Waals surface area contributed by atoms with E-state index in [4.69, 9.17) is 10.8 Å². The van der Waals surface area contributed by atoms with Crippen LogP contribution in [0.15, 0.2) is 30.5 Å². The van der Waals surface area contributed by atoms with Gasteiger partial charge >= 0.3 is 5.97 Å². The molecule has 0 spiro atoms. The predicted octanol–water partition coefficient (Wildman–Crippen LogP) is 2.55. The van der Waals surface area contributed by atoms with Crippen molar-refractivity contribution >= 4 is 23.2 Å². The van der Waals surface area contributed by atoms with Gasteiger partial charge in [0.2, 0.25) is 0 Å². The van der Waals surface area contributed by atoms with E-state index in [9.17, 15) is 9.18 Å². The maximum absolute atomic E-state index is 13.0. The van der Waals surface area contributed by atoms with Gasteiger partial charge in [0.25, 0.3) is 0 Å². The first-order chi connectivity index (χ1) is 8.97. The second-order valence-corrected chi connectivity index (χ2v) is 4.05. The van der Waals surface area contributed by atoms with E-state index in [0.717, 1.165) is 0 Å². The van der Waals surface area contributed by atoms with Crippen LogP contribution in [0.5, 0.6) is 0 Å². The van der Waals surface area contributed by atoms with E-state index in [1.165, 1.54) is 24.4 Å². The summed E-state index contributed by atoms with van der Waals surface area (Å²) in [5, 5.41) is 11.7. The summed E-state index contributed by atoms with van der Waals surface area (Å²) in [6.07, 6.45) is 1.21. The number of aromatic carboxylic acids is 1. The van der Waals surface area contributed by atoms with Crippen molar-refractivity contribution in [1.29, 1.82) is 0 Å². The largest absolute Gasteiger partial charge is 0.478 e. The molecule has 1 heterocycles. The van der Waals surface area contributed by atoms with E-state index in [0.29, 0.717) is 17.1 Å². The molecule has 0 bridgehead atoms. The Morgan fingerprint density at radius 1 is 1.42 bits per heavy atom. The number of hydrogen-bond acceptors (Lipinski definition) is 4. The number of pyridine rings is 1. The molecule has 2 aromatic rings. The summed E-state index contributed by atoms with van der Waals surface area (Å²) >= 11 is 0. The van der Waals surface area contributed by atoms with Crippen molar-refractivity contribution in [2.75, 3.05) is 11.1 Å². The molecular weight excluding hydrogens is 249 g/mol. The first-order valence-electron chi connectivity index (χ1n) is 5.49. The number of nitrogen functional groups attached to an aromatic ring is 1. The van der Waals surface area contributed by atoms with Crippen LogP contribution in [0.4, 0.5) is 21.6 Å². The summed E-state index contributed by atoms with van der Waals surface area (Å²) in [6, 6.07) is 5.58. The van der Waals surface area contributed by atoms with Gasteiger partial charge in [-0.15, -0.1) is 0 Å². The summed E-state index contributed by atoms with van der Waals surface area (Å²) in [5.41, 5.74) is 7.30. The zero-order chi connectivity index (χ0) is 14.0. The van der Waals surface area contributed by atoms with Crippen LogP contribution in [-0.2, 0) is 0 Å². The van der Waals surface area contributed by atoms with Gasteiger partial charge in [-0.2, -0.15) is 0 Å². The van der Waals surface area contributed by atoms with Gasteiger partial charge in [-0.25, -0.2) is 14.2 Å². The molecule has 0 aliphatic rings. The minimum atomic E-state index is -1.09. The van der Waals surface area contributed by atoms with Crippen molar-refractivity contribution in [2.45, 2.75) is 6.92 Å². The van der Waals surface area contributed by atoms with Crippen LogP contribution < -0.4 is 11.1 Å². The molecule has 0 aliphatic carbocycles. The number of rotatable bonds is 3. The Hall–Kier alpha value is -2.63. The van der Waals surface area contributed by atoms with Crippen molar-refractivity contribution in [3.8, 4) is 0 Å². The molecule has 0 unspecified atom stereocenters. The monoisotopic (exact) mass is 261 g/mol. The number of halogens is 1. The second-order valence-electron chi connectivity index (χ2n) is 4.05. The fourth-order valence-corrected chi connectivity index (χ4v) is 1.60. The molecule has 0 saturated heterocycles. The van der Waals surface area contributed by atoms with Crippen LogP contribution in [0, 0.1) is 12.7 Å². The van der Waals surface area contributed by atoms with Gasteiger partial charge in [0, 0.05) is 11.9 Å². The lowest BCUT2D eigenvalue weighted by molar-refractivity contribution is 0.0696. The van der Waals surface area contributed by atoms with Crippen LogP contribution in [0.3, 0.4) is 0 Å². The fraction of sp³-hybridized carbons (Fsp3) is 0.0769. The molecule has 0 atom stereocenters. The Kier molecular flexibility index (Phi) is 3.33. The molecule has 0 aliphatic heterocycles. The molecule has 2 rings (SSSR count). The van der Waals surface area contributed by atoms with Crippen molar-refractivity contribution in [2.24, 2.45) is 0 Å². The third kappa shape index (κ3) is 2.79. The van der Waals surface area contributed by atoms with E-state index >= 15 is 0 Å². The molecule has 0 fully saturated rings. The molecule has 5 nitrogen and oxygen atoms in total. The number of hydrogen-bond donors (Lipinski definition) is 3. The molecule has 4 N–H and O–H groups in total. The van der Waals surface area contributed by atoms with Crippen molar-refractivity contribution in [3.05, 3.63) is 47.4 Å². The summed E-state index contributed by atoms with van der Waals surface area (Å²) in [7, 11) is 0. The van der Waals surface area contributed by atoms with E-state index in [1.807, 2.05) is 0 Å². The Labute approximate surface area is 108 Å².